The van der Waals surface area contributed by atoms with E-state index in [1.54, 1.807) is 45.9 Å². The quantitative estimate of drug-likeness (QED) is 0.0360. The summed E-state index contributed by atoms with van der Waals surface area (Å²) >= 11 is 3.37. The highest BCUT2D eigenvalue weighted by Crippen LogP contribution is 2.46. The van der Waals surface area contributed by atoms with E-state index >= 15 is 0 Å². The molecule has 0 unspecified atom stereocenters. The third-order valence-electron chi connectivity index (χ3n) is 18.2. The fourth-order valence-corrected chi connectivity index (χ4v) is 17.0. The Morgan fingerprint density at radius 3 is 1.01 bits per heavy atom. The molecule has 0 amide bonds. The van der Waals surface area contributed by atoms with Gasteiger partial charge in [-0.05, 0) is 157 Å². The van der Waals surface area contributed by atoms with E-state index in [2.05, 4.69) is 148 Å². The molecule has 16 N–H and O–H groups in total. The number of ether oxygens (including phenoxy) is 4. The van der Waals surface area contributed by atoms with Crippen LogP contribution in [0.25, 0.3) is 44.7 Å². The molecule has 101 heavy (non-hydrogen) atoms. The number of rotatable bonds is 21. The molecule has 12 heterocycles. The Hall–Kier alpha value is -5.19. The summed E-state index contributed by atoms with van der Waals surface area (Å²) in [6.07, 6.45) is 18.8. The Bertz CT molecular complexity index is 4250. The molecule has 8 aromatic heterocycles. The van der Waals surface area contributed by atoms with Crippen molar-refractivity contribution in [3.05, 3.63) is 71.5 Å². The fourth-order valence-electron chi connectivity index (χ4n) is 12.6. The van der Waals surface area contributed by atoms with Crippen molar-refractivity contribution in [3.8, 4) is 0 Å². The first kappa shape index (κ1) is 79.9. The van der Waals surface area contributed by atoms with Crippen molar-refractivity contribution in [1.82, 2.24) is 58.1 Å². The lowest BCUT2D eigenvalue weighted by molar-refractivity contribution is -0.0413. The minimum Gasteiger partial charge on any atom is -0.397 e. The number of aromatic nitrogens is 12. The van der Waals surface area contributed by atoms with Gasteiger partial charge < -0.3 is 82.7 Å². The number of nitrogens with zero attached hydrogens (tertiary/aromatic N) is 12. The summed E-state index contributed by atoms with van der Waals surface area (Å²) in [5.41, 5.74) is 29.5. The van der Waals surface area contributed by atoms with Crippen LogP contribution >= 0.6 is 43.5 Å². The molecule has 4 fully saturated rings. The van der Waals surface area contributed by atoms with Crippen molar-refractivity contribution in [2.75, 3.05) is 101 Å². The van der Waals surface area contributed by atoms with Gasteiger partial charge in [0.05, 0.1) is 47.2 Å². The third-order valence-corrected chi connectivity index (χ3v) is 24.6. The van der Waals surface area contributed by atoms with Crippen LogP contribution in [0.2, 0.25) is 0 Å². The number of imidazole rings is 4. The highest BCUT2D eigenvalue weighted by molar-refractivity contribution is 9.10. The van der Waals surface area contributed by atoms with Crippen LogP contribution in [0, 0.1) is 6.08 Å². The number of unbranched alkanes of at least 4 members (excludes halogenated alkanes) is 1. The van der Waals surface area contributed by atoms with Gasteiger partial charge in [-0.15, -0.1) is 52.7 Å². The number of anilines is 4. The number of pyridine rings is 4. The molecule has 0 aromatic carbocycles. The maximum atomic E-state index is 14.3. The van der Waals surface area contributed by atoms with Crippen LogP contribution in [0.1, 0.15) is 95.4 Å². The van der Waals surface area contributed by atoms with Crippen molar-refractivity contribution >= 4 is 136 Å². The van der Waals surface area contributed by atoms with Gasteiger partial charge in [0.1, 0.15) is 82.5 Å². The number of halogens is 2. The lowest BCUT2D eigenvalue weighted by Crippen LogP contribution is -2.32. The second-order valence-corrected chi connectivity index (χ2v) is 47.4. The molecule has 4 aliphatic rings. The molecule has 28 nitrogen and oxygen atoms in total. The predicted molar refractivity (Wildman–Crippen MR) is 413 cm³/mol. The van der Waals surface area contributed by atoms with E-state index < -0.39 is 132 Å². The summed E-state index contributed by atoms with van der Waals surface area (Å²) in [5.74, 6) is 1.54. The Morgan fingerprint density at radius 2 is 0.693 bits per heavy atom. The third kappa shape index (κ3) is 18.6. The number of hydrogen-bond donors (Lipinski definition) is 12. The molecule has 4 saturated heterocycles. The summed E-state index contributed by atoms with van der Waals surface area (Å²) in [6, 6.07) is 6.60. The Morgan fingerprint density at radius 1 is 0.416 bits per heavy atom. The number of nitrogens with two attached hydrogens (primary N) is 4. The van der Waals surface area contributed by atoms with Gasteiger partial charge in [0.15, 0.2) is 52.2 Å². The molecule has 8 aromatic rings. The lowest BCUT2D eigenvalue weighted by Gasteiger charge is -2.20. The maximum absolute atomic E-state index is 14.3. The first-order valence-electron chi connectivity index (χ1n) is 33.9. The second-order valence-electron chi connectivity index (χ2n) is 29.4. The minimum absolute atomic E-state index is 0.175. The van der Waals surface area contributed by atoms with Gasteiger partial charge in [-0.25, -0.2) is 34.9 Å². The van der Waals surface area contributed by atoms with Gasteiger partial charge in [0, 0.05) is 37.6 Å². The lowest BCUT2D eigenvalue weighted by atomic mass is 10.1. The van der Waals surface area contributed by atoms with Gasteiger partial charge in [-0.3, -0.25) is 18.3 Å². The van der Waals surface area contributed by atoms with Crippen molar-refractivity contribution in [1.29, 1.82) is 0 Å². The topological polar surface area (TPSA) is 426 Å². The van der Waals surface area contributed by atoms with Crippen LogP contribution < -0.4 is 22.9 Å². The van der Waals surface area contributed by atoms with Crippen molar-refractivity contribution in [3.63, 3.8) is 0 Å². The van der Waals surface area contributed by atoms with Crippen LogP contribution in [0.4, 0.5) is 27.1 Å². The molecular formula is C67H104BrFN16O12P4. The molecule has 34 heteroatoms. The largest absolute Gasteiger partial charge is 0.397 e. The number of aliphatic hydroxyl groups is 8. The molecule has 0 radical (unpaired) electrons. The standard InChI is InChI=1S/C19H31N4O3P.C18H29N4O3P.C15H22BrN4O3P.C15H22FN4O3P/c1-5-6-7-14-22-15-12(20)8-10-21-18(15)23(14)19-17(25)16(24)13(26-19)9-11-27(2,3)4;1-5-6-13-21-14-11(19)7-9-20-17(14)22(13)18-16(24)15(23)12(25-18)8-10-26(2,3)4;2*1-24(2,3)7-5-9-11(21)12(22)14(23-9)20-13-10(19-15(20)16)8(17)4-6-18-13/h8,10,13,16-17,19,24-25H,2,5-7,9,11H2,1,3-4H3,(H2,20,21);7,9,12,15-16,18,23-24H,2,5-6,8,10H2,1,3-4H3,(H2,19,20);2*4,6,9,11-12,14,21-22H,1,5,7H2,2-3H3,(H2,17,18)/t13-,16-,17-,19-;12-,15-,16-,18-;2*9-,11-,12-,14-/m1111/s1. The number of aliphatic hydroxyl groups excluding tert-OH is 8. The van der Waals surface area contributed by atoms with Crippen LogP contribution in [-0.4, -0.2) is 275 Å². The first-order valence-corrected chi connectivity index (χ1v) is 46.9. The van der Waals surface area contributed by atoms with Crippen LogP contribution in [0.15, 0.2) is 53.8 Å². The molecule has 0 aliphatic carbocycles. The van der Waals surface area contributed by atoms with Gasteiger partial charge in [-0.1, -0.05) is 20.3 Å². The number of fused-ring (bicyclic) bond motifs is 4. The summed E-state index contributed by atoms with van der Waals surface area (Å²) in [5, 5.41) is 83.9. The summed E-state index contributed by atoms with van der Waals surface area (Å²) in [6.45, 7) is 16.2. The van der Waals surface area contributed by atoms with Crippen molar-refractivity contribution < 1.29 is 64.2 Å². The van der Waals surface area contributed by atoms with Gasteiger partial charge in [-0.2, -0.15) is 9.37 Å². The number of nitrogen functional groups attached to an aromatic ring is 4. The zero-order valence-electron chi connectivity index (χ0n) is 59.3. The highest BCUT2D eigenvalue weighted by Gasteiger charge is 2.49. The molecule has 0 spiro atoms. The van der Waals surface area contributed by atoms with E-state index in [1.165, 1.54) is 12.3 Å². The predicted octanol–water partition coefficient (Wildman–Crippen LogP) is 6.12. The first-order chi connectivity index (χ1) is 47.3. The molecule has 558 valence electrons. The van der Waals surface area contributed by atoms with E-state index in [1.807, 2.05) is 4.57 Å². The molecule has 0 saturated carbocycles. The van der Waals surface area contributed by atoms with E-state index in [4.69, 9.17) is 41.9 Å². The molecular weight excluding hydrogens is 1440 g/mol. The Balaban J connectivity index is 0.000000157. The molecule has 4 aliphatic heterocycles. The second kappa shape index (κ2) is 32.7. The SMILES string of the molecule is C=P(C)(C)CC[C@H]1O[C@@H](n2c(Br)nc3c(N)ccnc32)[C@H](O)[C@@H]1O.C=P(C)(C)CC[C@H]1O[C@@H](n2c(CCC)nc3c(N)ccnc32)[C@H](O)[C@@H]1O.C=P(C)(C)CC[C@H]1O[C@@H](n2c(CCCC)nc3c(N)ccnc32)[C@H](O)[C@@H]1O.C=P(C)(C)CC[C@H]1O[C@@H](n2c(F)nc3c(N)ccnc32)[C@H](O)[C@@H]1O. The van der Waals surface area contributed by atoms with Crippen LogP contribution in [0.5, 0.6) is 0 Å². The monoisotopic (exact) mass is 1550 g/mol. The molecule has 12 rings (SSSR count). The van der Waals surface area contributed by atoms with E-state index in [0.29, 0.717) is 87.4 Å². The molecule has 0 bridgehead atoms. The minimum atomic E-state index is -1.29. The fraction of sp³-hybridized carbons (Fsp3) is 0.582. The van der Waals surface area contributed by atoms with E-state index in [9.17, 15) is 45.2 Å². The number of aryl methyl sites for hydroxylation is 2. The Labute approximate surface area is 597 Å². The van der Waals surface area contributed by atoms with Crippen molar-refractivity contribution in [2.24, 2.45) is 0 Å². The van der Waals surface area contributed by atoms with Crippen molar-refractivity contribution in [2.45, 2.75) is 170 Å². The maximum Gasteiger partial charge on any atom is 0.293 e. The van der Waals surface area contributed by atoms with Gasteiger partial charge >= 0.3 is 0 Å². The van der Waals surface area contributed by atoms with E-state index in [-0.39, 0.29) is 16.9 Å². The number of hydrogen-bond acceptors (Lipinski definition) is 24. The summed E-state index contributed by atoms with van der Waals surface area (Å²) in [4.78, 5) is 34.6. The van der Waals surface area contributed by atoms with Crippen LogP contribution in [0.3, 0.4) is 0 Å². The normalized spacial score (nSPS) is 27.1. The van der Waals surface area contributed by atoms with Gasteiger partial charge in [0.2, 0.25) is 0 Å². The van der Waals surface area contributed by atoms with Crippen LogP contribution in [-0.2, 0) is 31.8 Å². The smallest absolute Gasteiger partial charge is 0.293 e. The average molecular weight is 1550 g/mol. The zero-order chi connectivity index (χ0) is 74.1. The highest BCUT2D eigenvalue weighted by atomic mass is 79.9. The van der Waals surface area contributed by atoms with E-state index in [0.717, 1.165) is 66.5 Å². The zero-order valence-corrected chi connectivity index (χ0v) is 64.5. The average Bonchev–Trinajstić information content (AvgIpc) is 1.63. The summed E-state index contributed by atoms with van der Waals surface area (Å²) < 4.78 is 45.0. The summed E-state index contributed by atoms with van der Waals surface area (Å²) in [7, 11) is 0. The molecule has 16 atom stereocenters. The Kier molecular flexibility index (Phi) is 25.9. The van der Waals surface area contributed by atoms with Gasteiger partial charge in [0.25, 0.3) is 6.08 Å².